The van der Waals surface area contributed by atoms with E-state index in [0.29, 0.717) is 16.3 Å². The number of rotatable bonds is 4. The smallest absolute Gasteiger partial charge is 0.106 e. The molecule has 0 saturated heterocycles. The highest BCUT2D eigenvalue weighted by molar-refractivity contribution is 7.78. The number of hydrogen-bond acceptors (Lipinski definition) is 4. The number of aliphatic imine (C=N–C) groups is 1. The van der Waals surface area contributed by atoms with E-state index in [4.69, 9.17) is 23.2 Å². The first-order valence-electron chi connectivity index (χ1n) is 4.39. The van der Waals surface area contributed by atoms with Gasteiger partial charge in [-0.05, 0) is 29.9 Å². The normalized spacial score (nSPS) is 14.0. The van der Waals surface area contributed by atoms with Crippen LogP contribution in [0.15, 0.2) is 23.2 Å². The highest BCUT2D eigenvalue weighted by Crippen LogP contribution is 2.29. The van der Waals surface area contributed by atoms with E-state index in [9.17, 15) is 10.2 Å². The number of halogens is 2. The molecule has 0 aliphatic carbocycles. The standard InChI is InChI=1S/C10H9Cl2NO2S/c11-4-9(14)10(15)6-1-2-8(13-5-16)7(12)3-6/h1-3,9-10,14-15H,4H2. The molecule has 1 aromatic carbocycles. The lowest BCUT2D eigenvalue weighted by Gasteiger charge is -2.16. The van der Waals surface area contributed by atoms with Crippen LogP contribution in [-0.2, 0) is 0 Å². The number of thiocarbonyl (C=S) groups is 1. The summed E-state index contributed by atoms with van der Waals surface area (Å²) in [4.78, 5) is 3.73. The zero-order valence-electron chi connectivity index (χ0n) is 8.10. The summed E-state index contributed by atoms with van der Waals surface area (Å²) in [6, 6.07) is 4.69. The molecule has 0 spiro atoms. The van der Waals surface area contributed by atoms with Crippen molar-refractivity contribution >= 4 is 46.3 Å². The molecule has 2 N–H and O–H groups in total. The molecule has 0 aliphatic rings. The molecular formula is C10H9Cl2NO2S. The molecule has 86 valence electrons. The van der Waals surface area contributed by atoms with Crippen molar-refractivity contribution in [2.45, 2.75) is 12.2 Å². The second-order valence-electron chi connectivity index (χ2n) is 3.08. The first kappa shape index (κ1) is 13.6. The molecule has 0 radical (unpaired) electrons. The van der Waals surface area contributed by atoms with Crippen LogP contribution in [0.25, 0.3) is 0 Å². The Bertz CT molecular complexity index is 421. The summed E-state index contributed by atoms with van der Waals surface area (Å²) in [5.74, 6) is -0.0569. The maximum absolute atomic E-state index is 9.67. The number of nitrogens with zero attached hydrogens (tertiary/aromatic N) is 1. The number of hydrogen-bond donors (Lipinski definition) is 2. The second-order valence-corrected chi connectivity index (χ2v) is 3.98. The molecule has 2 unspecified atom stereocenters. The highest BCUT2D eigenvalue weighted by Gasteiger charge is 2.18. The molecule has 0 aromatic heterocycles. The van der Waals surface area contributed by atoms with Crippen molar-refractivity contribution < 1.29 is 10.2 Å². The molecule has 0 saturated carbocycles. The van der Waals surface area contributed by atoms with Gasteiger partial charge in [0.05, 0.1) is 27.9 Å². The van der Waals surface area contributed by atoms with E-state index in [1.807, 2.05) is 0 Å². The summed E-state index contributed by atoms with van der Waals surface area (Å²) in [5.41, 5.74) is 0.939. The summed E-state index contributed by atoms with van der Waals surface area (Å²) in [6.07, 6.45) is -2.10. The largest absolute Gasteiger partial charge is 0.389 e. The summed E-state index contributed by atoms with van der Waals surface area (Å²) in [6.45, 7) is 0. The fourth-order valence-electron chi connectivity index (χ4n) is 1.15. The molecule has 1 aromatic rings. The SMILES string of the molecule is OC(CCl)C(O)c1ccc(N=C=S)c(Cl)c1. The first-order valence-corrected chi connectivity index (χ1v) is 5.71. The van der Waals surface area contributed by atoms with Crippen molar-refractivity contribution in [1.29, 1.82) is 0 Å². The number of isothiocyanates is 1. The fraction of sp³-hybridized carbons (Fsp3) is 0.300. The van der Waals surface area contributed by atoms with Crippen LogP contribution < -0.4 is 0 Å². The molecule has 0 heterocycles. The van der Waals surface area contributed by atoms with Crippen LogP contribution >= 0.6 is 35.4 Å². The van der Waals surface area contributed by atoms with Crippen molar-refractivity contribution in [3.63, 3.8) is 0 Å². The maximum atomic E-state index is 9.67. The minimum absolute atomic E-state index is 0.0569. The van der Waals surface area contributed by atoms with Crippen molar-refractivity contribution in [3.05, 3.63) is 28.8 Å². The van der Waals surface area contributed by atoms with Crippen LogP contribution in [0.3, 0.4) is 0 Å². The molecule has 0 fully saturated rings. The van der Waals surface area contributed by atoms with Gasteiger partial charge >= 0.3 is 0 Å². The van der Waals surface area contributed by atoms with Gasteiger partial charge in [-0.1, -0.05) is 17.7 Å². The average Bonchev–Trinajstić information content (AvgIpc) is 2.30. The third kappa shape index (κ3) is 3.25. The van der Waals surface area contributed by atoms with E-state index in [1.165, 1.54) is 6.07 Å². The van der Waals surface area contributed by atoms with Crippen LogP contribution in [-0.4, -0.2) is 27.4 Å². The van der Waals surface area contributed by atoms with Crippen LogP contribution in [0.5, 0.6) is 0 Å². The molecular weight excluding hydrogens is 269 g/mol. The minimum atomic E-state index is -1.07. The topological polar surface area (TPSA) is 52.8 Å². The maximum Gasteiger partial charge on any atom is 0.106 e. The predicted molar refractivity (Wildman–Crippen MR) is 67.8 cm³/mol. The molecule has 0 bridgehead atoms. The molecule has 3 nitrogen and oxygen atoms in total. The van der Waals surface area contributed by atoms with Crippen molar-refractivity contribution in [2.24, 2.45) is 4.99 Å². The lowest BCUT2D eigenvalue weighted by Crippen LogP contribution is -2.19. The number of alkyl halides is 1. The van der Waals surface area contributed by atoms with E-state index < -0.39 is 12.2 Å². The van der Waals surface area contributed by atoms with Crippen LogP contribution in [0.1, 0.15) is 11.7 Å². The third-order valence-electron chi connectivity index (χ3n) is 2.00. The average molecular weight is 278 g/mol. The van der Waals surface area contributed by atoms with Gasteiger partial charge in [0.2, 0.25) is 0 Å². The van der Waals surface area contributed by atoms with Crippen LogP contribution in [0.4, 0.5) is 5.69 Å². The van der Waals surface area contributed by atoms with Crippen LogP contribution in [0.2, 0.25) is 5.02 Å². The van der Waals surface area contributed by atoms with E-state index in [-0.39, 0.29) is 5.88 Å². The third-order valence-corrected chi connectivity index (χ3v) is 2.71. The molecule has 2 atom stereocenters. The highest BCUT2D eigenvalue weighted by atomic mass is 35.5. The van der Waals surface area contributed by atoms with Gasteiger partial charge in [0.25, 0.3) is 0 Å². The molecule has 1 rings (SSSR count). The fourth-order valence-corrected chi connectivity index (χ4v) is 1.65. The number of aliphatic hydroxyl groups is 2. The Balaban J connectivity index is 3.01. The Morgan fingerprint density at radius 1 is 1.44 bits per heavy atom. The summed E-state index contributed by atoms with van der Waals surface area (Å²) >= 11 is 15.8. The Labute approximate surface area is 108 Å². The van der Waals surface area contributed by atoms with Gasteiger partial charge in [0, 0.05) is 0 Å². The zero-order chi connectivity index (χ0) is 12.1. The minimum Gasteiger partial charge on any atom is -0.389 e. The van der Waals surface area contributed by atoms with Gasteiger partial charge in [0.15, 0.2) is 0 Å². The second kappa shape index (κ2) is 6.30. The van der Waals surface area contributed by atoms with Gasteiger partial charge in [-0.3, -0.25) is 0 Å². The van der Waals surface area contributed by atoms with Gasteiger partial charge in [0.1, 0.15) is 6.10 Å². The van der Waals surface area contributed by atoms with Crippen molar-refractivity contribution in [1.82, 2.24) is 0 Å². The predicted octanol–water partition coefficient (Wildman–Crippen LogP) is 2.71. The lowest BCUT2D eigenvalue weighted by molar-refractivity contribution is 0.0327. The molecule has 16 heavy (non-hydrogen) atoms. The van der Waals surface area contributed by atoms with Gasteiger partial charge in [-0.2, -0.15) is 4.99 Å². The van der Waals surface area contributed by atoms with Crippen molar-refractivity contribution in [2.75, 3.05) is 5.88 Å². The number of benzene rings is 1. The summed E-state index contributed by atoms with van der Waals surface area (Å²) in [5, 5.41) is 21.6. The quantitative estimate of drug-likeness (QED) is 0.506. The van der Waals surface area contributed by atoms with Gasteiger partial charge in [-0.25, -0.2) is 0 Å². The molecule has 6 heteroatoms. The number of aliphatic hydroxyl groups excluding tert-OH is 2. The van der Waals surface area contributed by atoms with E-state index in [2.05, 4.69) is 22.4 Å². The van der Waals surface area contributed by atoms with Crippen LogP contribution in [0, 0.1) is 0 Å². The van der Waals surface area contributed by atoms with Gasteiger partial charge in [-0.15, -0.1) is 11.6 Å². The zero-order valence-corrected chi connectivity index (χ0v) is 10.4. The summed E-state index contributed by atoms with van der Waals surface area (Å²) in [7, 11) is 0. The van der Waals surface area contributed by atoms with E-state index >= 15 is 0 Å². The molecule has 0 amide bonds. The Hall–Kier alpha value is -0.480. The van der Waals surface area contributed by atoms with E-state index in [0.717, 1.165) is 0 Å². The van der Waals surface area contributed by atoms with E-state index in [1.54, 1.807) is 12.1 Å². The Morgan fingerprint density at radius 3 is 2.62 bits per heavy atom. The lowest BCUT2D eigenvalue weighted by atomic mass is 10.1. The Kier molecular flexibility index (Phi) is 5.35. The monoisotopic (exact) mass is 277 g/mol. The van der Waals surface area contributed by atoms with Gasteiger partial charge < -0.3 is 10.2 Å². The molecule has 0 aliphatic heterocycles. The summed E-state index contributed by atoms with van der Waals surface area (Å²) < 4.78 is 0. The first-order chi connectivity index (χ1) is 7.60. The Morgan fingerprint density at radius 2 is 2.12 bits per heavy atom. The van der Waals surface area contributed by atoms with Crippen molar-refractivity contribution in [3.8, 4) is 0 Å².